The number of rotatable bonds is 5. The minimum atomic E-state index is -0.198. The summed E-state index contributed by atoms with van der Waals surface area (Å²) in [5, 5.41) is 4.07. The van der Waals surface area contributed by atoms with Gasteiger partial charge in [-0.25, -0.2) is 0 Å². The number of ether oxygens (including phenoxy) is 1. The molecule has 1 amide bonds. The molecule has 0 radical (unpaired) electrons. The first-order valence-electron chi connectivity index (χ1n) is 7.70. The Balaban J connectivity index is 1.69. The molecule has 0 saturated heterocycles. The van der Waals surface area contributed by atoms with Crippen LogP contribution in [-0.4, -0.2) is 24.5 Å². The molecule has 0 atom stereocenters. The van der Waals surface area contributed by atoms with E-state index in [4.69, 9.17) is 4.74 Å². The number of carbonyl (C=O) groups is 1. The summed E-state index contributed by atoms with van der Waals surface area (Å²) in [4.78, 5) is 26.8. The van der Waals surface area contributed by atoms with E-state index < -0.39 is 0 Å². The molecule has 0 unspecified atom stereocenters. The molecule has 122 valence electrons. The fraction of sp³-hybridized carbons (Fsp3) is 0.158. The maximum Gasteiger partial charge on any atom is 0.255 e. The molecule has 2 N–H and O–H groups in total. The van der Waals surface area contributed by atoms with Crippen molar-refractivity contribution in [2.24, 2.45) is 0 Å². The van der Waals surface area contributed by atoms with E-state index in [1.165, 1.54) is 6.20 Å². The van der Waals surface area contributed by atoms with Gasteiger partial charge in [0, 0.05) is 23.5 Å². The SMILES string of the molecule is COc1ccc(CCNC(=O)c2c[nH]c(=O)c3ccccc23)cc1. The Bertz CT molecular complexity index is 914. The Kier molecular flexibility index (Phi) is 4.61. The van der Waals surface area contributed by atoms with E-state index in [1.807, 2.05) is 30.3 Å². The number of nitrogens with one attached hydrogen (secondary N) is 2. The van der Waals surface area contributed by atoms with Gasteiger partial charge >= 0.3 is 0 Å². The summed E-state index contributed by atoms with van der Waals surface area (Å²) in [6.07, 6.45) is 2.18. The molecule has 3 aromatic rings. The topological polar surface area (TPSA) is 71.2 Å². The maximum absolute atomic E-state index is 12.4. The number of carbonyl (C=O) groups excluding carboxylic acids is 1. The van der Waals surface area contributed by atoms with Crippen LogP contribution in [0.2, 0.25) is 0 Å². The number of aromatic amines is 1. The fourth-order valence-electron chi connectivity index (χ4n) is 2.60. The summed E-state index contributed by atoms with van der Waals surface area (Å²) in [7, 11) is 1.63. The van der Waals surface area contributed by atoms with Crippen molar-refractivity contribution in [1.82, 2.24) is 10.3 Å². The number of pyridine rings is 1. The molecule has 3 rings (SSSR count). The first-order chi connectivity index (χ1) is 11.7. The van der Waals surface area contributed by atoms with Crippen LogP contribution in [0.1, 0.15) is 15.9 Å². The highest BCUT2D eigenvalue weighted by Crippen LogP contribution is 2.14. The lowest BCUT2D eigenvalue weighted by Crippen LogP contribution is -2.26. The van der Waals surface area contributed by atoms with Gasteiger partial charge in [-0.1, -0.05) is 30.3 Å². The van der Waals surface area contributed by atoms with Crippen LogP contribution in [0.4, 0.5) is 0 Å². The normalized spacial score (nSPS) is 10.5. The van der Waals surface area contributed by atoms with Crippen molar-refractivity contribution >= 4 is 16.7 Å². The number of hydrogen-bond donors (Lipinski definition) is 2. The van der Waals surface area contributed by atoms with Gasteiger partial charge in [0.05, 0.1) is 12.7 Å². The largest absolute Gasteiger partial charge is 0.497 e. The predicted octanol–water partition coefficient (Wildman–Crippen LogP) is 2.51. The van der Waals surface area contributed by atoms with Gasteiger partial charge < -0.3 is 15.0 Å². The van der Waals surface area contributed by atoms with E-state index in [1.54, 1.807) is 25.3 Å². The second-order valence-corrected chi connectivity index (χ2v) is 5.43. The summed E-state index contributed by atoms with van der Waals surface area (Å²) in [5.74, 6) is 0.610. The van der Waals surface area contributed by atoms with Crippen molar-refractivity contribution in [2.45, 2.75) is 6.42 Å². The number of fused-ring (bicyclic) bond motifs is 1. The molecule has 5 heteroatoms. The minimum absolute atomic E-state index is 0.194. The monoisotopic (exact) mass is 322 g/mol. The summed E-state index contributed by atoms with van der Waals surface area (Å²) < 4.78 is 5.12. The summed E-state index contributed by atoms with van der Waals surface area (Å²) >= 11 is 0. The molecule has 0 aliphatic rings. The Labute approximate surface area is 139 Å². The third kappa shape index (κ3) is 3.30. The molecule has 1 aromatic heterocycles. The standard InChI is InChI=1S/C19H18N2O3/c1-24-14-8-6-13(7-9-14)10-11-20-19(23)17-12-21-18(22)16-5-3-2-4-15(16)17/h2-9,12H,10-11H2,1H3,(H,20,23)(H,21,22). The molecule has 0 aliphatic carbocycles. The Morgan fingerprint density at radius 1 is 1.08 bits per heavy atom. The highest BCUT2D eigenvalue weighted by atomic mass is 16.5. The number of aromatic nitrogens is 1. The highest BCUT2D eigenvalue weighted by molar-refractivity contribution is 6.06. The van der Waals surface area contributed by atoms with Crippen molar-refractivity contribution < 1.29 is 9.53 Å². The lowest BCUT2D eigenvalue weighted by Gasteiger charge is -2.08. The molecule has 1 heterocycles. The molecule has 2 aromatic carbocycles. The number of hydrogen-bond acceptors (Lipinski definition) is 3. The van der Waals surface area contributed by atoms with Gasteiger partial charge in [0.15, 0.2) is 0 Å². The third-order valence-electron chi connectivity index (χ3n) is 3.91. The number of H-pyrrole nitrogens is 1. The Morgan fingerprint density at radius 2 is 1.79 bits per heavy atom. The molecule has 24 heavy (non-hydrogen) atoms. The van der Waals surface area contributed by atoms with Gasteiger partial charge in [-0.05, 0) is 30.2 Å². The van der Waals surface area contributed by atoms with Crippen LogP contribution < -0.4 is 15.6 Å². The molecule has 0 fully saturated rings. The maximum atomic E-state index is 12.4. The van der Waals surface area contributed by atoms with Crippen molar-refractivity contribution in [3.63, 3.8) is 0 Å². The summed E-state index contributed by atoms with van der Waals surface area (Å²) in [6.45, 7) is 0.513. The quantitative estimate of drug-likeness (QED) is 0.758. The first-order valence-corrected chi connectivity index (χ1v) is 7.70. The van der Waals surface area contributed by atoms with Gasteiger partial charge in [0.1, 0.15) is 5.75 Å². The Morgan fingerprint density at radius 3 is 2.50 bits per heavy atom. The van der Waals surface area contributed by atoms with E-state index in [0.29, 0.717) is 22.9 Å². The number of amides is 1. The molecule has 0 saturated carbocycles. The minimum Gasteiger partial charge on any atom is -0.497 e. The van der Waals surface area contributed by atoms with Crippen molar-refractivity contribution in [3.05, 3.63) is 76.2 Å². The van der Waals surface area contributed by atoms with Crippen LogP contribution in [-0.2, 0) is 6.42 Å². The molecule has 0 aliphatic heterocycles. The van der Waals surface area contributed by atoms with Gasteiger partial charge in [-0.3, -0.25) is 9.59 Å². The smallest absolute Gasteiger partial charge is 0.255 e. The highest BCUT2D eigenvalue weighted by Gasteiger charge is 2.11. The van der Waals surface area contributed by atoms with Crippen LogP contribution >= 0.6 is 0 Å². The third-order valence-corrected chi connectivity index (χ3v) is 3.91. The van der Waals surface area contributed by atoms with E-state index in [0.717, 1.165) is 17.7 Å². The van der Waals surface area contributed by atoms with Crippen molar-refractivity contribution in [2.75, 3.05) is 13.7 Å². The lowest BCUT2D eigenvalue weighted by molar-refractivity contribution is 0.0955. The fourth-order valence-corrected chi connectivity index (χ4v) is 2.60. The van der Waals surface area contributed by atoms with Crippen molar-refractivity contribution in [1.29, 1.82) is 0 Å². The molecular weight excluding hydrogens is 304 g/mol. The number of methoxy groups -OCH3 is 1. The predicted molar refractivity (Wildman–Crippen MR) is 93.6 cm³/mol. The second kappa shape index (κ2) is 7.00. The van der Waals surface area contributed by atoms with E-state index in [9.17, 15) is 9.59 Å². The van der Waals surface area contributed by atoms with E-state index in [-0.39, 0.29) is 11.5 Å². The molecular formula is C19H18N2O3. The second-order valence-electron chi connectivity index (χ2n) is 5.43. The molecule has 0 bridgehead atoms. The van der Waals surface area contributed by atoms with Gasteiger partial charge in [0.2, 0.25) is 0 Å². The van der Waals surface area contributed by atoms with Crippen LogP contribution in [0.3, 0.4) is 0 Å². The van der Waals surface area contributed by atoms with Crippen molar-refractivity contribution in [3.8, 4) is 5.75 Å². The summed E-state index contributed by atoms with van der Waals surface area (Å²) in [5.41, 5.74) is 1.39. The molecule has 5 nitrogen and oxygen atoms in total. The Hall–Kier alpha value is -3.08. The lowest BCUT2D eigenvalue weighted by atomic mass is 10.1. The number of benzene rings is 2. The average molecular weight is 322 g/mol. The zero-order chi connectivity index (χ0) is 16.9. The zero-order valence-corrected chi connectivity index (χ0v) is 13.3. The first kappa shape index (κ1) is 15.8. The van der Waals surface area contributed by atoms with Crippen LogP contribution in [0.15, 0.2) is 59.5 Å². The van der Waals surface area contributed by atoms with E-state index in [2.05, 4.69) is 10.3 Å². The van der Waals surface area contributed by atoms with Crippen LogP contribution in [0.5, 0.6) is 5.75 Å². The van der Waals surface area contributed by atoms with Gasteiger partial charge in [-0.2, -0.15) is 0 Å². The van der Waals surface area contributed by atoms with Gasteiger partial charge in [-0.15, -0.1) is 0 Å². The van der Waals surface area contributed by atoms with Crippen LogP contribution in [0.25, 0.3) is 10.8 Å². The molecule has 0 spiro atoms. The van der Waals surface area contributed by atoms with Crippen LogP contribution in [0, 0.1) is 0 Å². The average Bonchev–Trinajstić information content (AvgIpc) is 2.63. The summed E-state index contributed by atoms with van der Waals surface area (Å²) in [6, 6.07) is 14.8. The van der Waals surface area contributed by atoms with E-state index >= 15 is 0 Å². The zero-order valence-electron chi connectivity index (χ0n) is 13.3. The van der Waals surface area contributed by atoms with Gasteiger partial charge in [0.25, 0.3) is 11.5 Å².